The number of aromatic amines is 1. The van der Waals surface area contributed by atoms with Crippen LogP contribution in [0.15, 0.2) is 30.6 Å². The molecule has 0 saturated carbocycles. The second-order valence-corrected chi connectivity index (χ2v) is 3.01. The van der Waals surface area contributed by atoms with Crippen LogP contribution in [0.5, 0.6) is 0 Å². The van der Waals surface area contributed by atoms with Crippen LogP contribution < -0.4 is 5.73 Å². The summed E-state index contributed by atoms with van der Waals surface area (Å²) < 4.78 is 0. The zero-order chi connectivity index (χ0) is 10.8. The Kier molecular flexibility index (Phi) is 2.13. The number of carbonyl (C=O) groups is 1. The largest absolute Gasteiger partial charge is 0.478 e. The van der Waals surface area contributed by atoms with Crippen molar-refractivity contribution in [2.24, 2.45) is 0 Å². The maximum Gasteiger partial charge on any atom is 0.340 e. The van der Waals surface area contributed by atoms with E-state index in [1.54, 1.807) is 30.6 Å². The molecule has 0 atom stereocenters. The third-order valence-electron chi connectivity index (χ3n) is 2.07. The number of aromatic nitrogens is 2. The first kappa shape index (κ1) is 9.26. The SMILES string of the molecule is Nc1[nH]cc(-c2ccccn2)c1C(=O)O. The van der Waals surface area contributed by atoms with Gasteiger partial charge >= 0.3 is 5.97 Å². The zero-order valence-electron chi connectivity index (χ0n) is 7.77. The average Bonchev–Trinajstić information content (AvgIpc) is 2.61. The Bertz CT molecular complexity index is 491. The number of H-pyrrole nitrogens is 1. The Labute approximate surface area is 85.6 Å². The molecule has 0 aliphatic heterocycles. The smallest absolute Gasteiger partial charge is 0.340 e. The molecule has 0 spiro atoms. The summed E-state index contributed by atoms with van der Waals surface area (Å²) in [5.74, 6) is -0.919. The molecular formula is C10H9N3O2. The molecule has 2 aromatic rings. The number of anilines is 1. The van der Waals surface area contributed by atoms with Crippen molar-refractivity contribution in [1.82, 2.24) is 9.97 Å². The zero-order valence-corrected chi connectivity index (χ0v) is 7.77. The highest BCUT2D eigenvalue weighted by atomic mass is 16.4. The van der Waals surface area contributed by atoms with Crippen molar-refractivity contribution in [1.29, 1.82) is 0 Å². The van der Waals surface area contributed by atoms with Gasteiger partial charge < -0.3 is 15.8 Å². The number of carboxylic acid groups (broad SMARTS) is 1. The van der Waals surface area contributed by atoms with E-state index in [2.05, 4.69) is 9.97 Å². The normalized spacial score (nSPS) is 10.1. The van der Waals surface area contributed by atoms with Gasteiger partial charge in [-0.1, -0.05) is 6.07 Å². The van der Waals surface area contributed by atoms with Crippen molar-refractivity contribution >= 4 is 11.8 Å². The van der Waals surface area contributed by atoms with Crippen molar-refractivity contribution in [3.8, 4) is 11.3 Å². The van der Waals surface area contributed by atoms with Gasteiger partial charge in [-0.05, 0) is 12.1 Å². The van der Waals surface area contributed by atoms with Crippen LogP contribution in [-0.2, 0) is 0 Å². The molecule has 0 aromatic carbocycles. The number of nitrogen functional groups attached to an aromatic ring is 1. The van der Waals surface area contributed by atoms with Crippen molar-refractivity contribution in [3.05, 3.63) is 36.2 Å². The first-order chi connectivity index (χ1) is 7.20. The van der Waals surface area contributed by atoms with Gasteiger partial charge in [0.05, 0.1) is 5.69 Å². The van der Waals surface area contributed by atoms with E-state index >= 15 is 0 Å². The average molecular weight is 203 g/mol. The summed E-state index contributed by atoms with van der Waals surface area (Å²) >= 11 is 0. The van der Waals surface area contributed by atoms with Crippen LogP contribution >= 0.6 is 0 Å². The van der Waals surface area contributed by atoms with Crippen molar-refractivity contribution in [2.75, 3.05) is 5.73 Å². The molecule has 0 saturated heterocycles. The van der Waals surface area contributed by atoms with E-state index in [9.17, 15) is 4.79 Å². The molecule has 0 radical (unpaired) electrons. The summed E-state index contributed by atoms with van der Waals surface area (Å²) in [5, 5.41) is 8.97. The second kappa shape index (κ2) is 3.45. The summed E-state index contributed by atoms with van der Waals surface area (Å²) in [6.07, 6.45) is 3.14. The maximum absolute atomic E-state index is 10.9. The lowest BCUT2D eigenvalue weighted by molar-refractivity contribution is 0.0699. The van der Waals surface area contributed by atoms with Gasteiger partial charge in [0.1, 0.15) is 11.4 Å². The van der Waals surface area contributed by atoms with Crippen LogP contribution in [0.1, 0.15) is 10.4 Å². The topological polar surface area (TPSA) is 92.0 Å². The maximum atomic E-state index is 10.9. The Morgan fingerprint density at radius 3 is 2.87 bits per heavy atom. The number of nitrogens with two attached hydrogens (primary N) is 1. The molecule has 2 aromatic heterocycles. The predicted octanol–water partition coefficient (Wildman–Crippen LogP) is 1.36. The monoisotopic (exact) mass is 203 g/mol. The predicted molar refractivity (Wildman–Crippen MR) is 55.4 cm³/mol. The van der Waals surface area contributed by atoms with Crippen molar-refractivity contribution in [2.45, 2.75) is 0 Å². The lowest BCUT2D eigenvalue weighted by Gasteiger charge is -1.99. The number of nitrogens with one attached hydrogen (secondary N) is 1. The Morgan fingerprint density at radius 1 is 1.47 bits per heavy atom. The van der Waals surface area contributed by atoms with Gasteiger partial charge in [0.2, 0.25) is 0 Å². The number of hydrogen-bond acceptors (Lipinski definition) is 3. The van der Waals surface area contributed by atoms with Crippen molar-refractivity contribution < 1.29 is 9.90 Å². The van der Waals surface area contributed by atoms with Gasteiger partial charge in [0.25, 0.3) is 0 Å². The van der Waals surface area contributed by atoms with E-state index in [4.69, 9.17) is 10.8 Å². The summed E-state index contributed by atoms with van der Waals surface area (Å²) in [6.45, 7) is 0. The minimum absolute atomic E-state index is 0.0636. The molecule has 0 unspecified atom stereocenters. The molecule has 76 valence electrons. The molecular weight excluding hydrogens is 194 g/mol. The minimum Gasteiger partial charge on any atom is -0.478 e. The van der Waals surface area contributed by atoms with Crippen LogP contribution in [0.2, 0.25) is 0 Å². The van der Waals surface area contributed by atoms with E-state index in [0.29, 0.717) is 11.3 Å². The summed E-state index contributed by atoms with van der Waals surface area (Å²) in [6, 6.07) is 5.28. The number of hydrogen-bond donors (Lipinski definition) is 3. The number of rotatable bonds is 2. The van der Waals surface area contributed by atoms with Crippen LogP contribution in [0, 0.1) is 0 Å². The second-order valence-electron chi connectivity index (χ2n) is 3.01. The molecule has 5 heteroatoms. The molecule has 0 aliphatic rings. The van der Waals surface area contributed by atoms with Crippen LogP contribution in [0.3, 0.4) is 0 Å². The highest BCUT2D eigenvalue weighted by Crippen LogP contribution is 2.25. The number of carboxylic acids is 1. The molecule has 4 N–H and O–H groups in total. The lowest BCUT2D eigenvalue weighted by Crippen LogP contribution is -2.01. The first-order valence-corrected chi connectivity index (χ1v) is 4.31. The van der Waals surface area contributed by atoms with Crippen molar-refractivity contribution in [3.63, 3.8) is 0 Å². The van der Waals surface area contributed by atoms with E-state index in [0.717, 1.165) is 0 Å². The molecule has 0 aliphatic carbocycles. The summed E-state index contributed by atoms with van der Waals surface area (Å²) in [4.78, 5) is 17.7. The van der Waals surface area contributed by atoms with E-state index in [1.165, 1.54) is 0 Å². The van der Waals surface area contributed by atoms with Crippen LogP contribution in [0.25, 0.3) is 11.3 Å². The molecule has 5 nitrogen and oxygen atoms in total. The molecule has 15 heavy (non-hydrogen) atoms. The third-order valence-corrected chi connectivity index (χ3v) is 2.07. The fraction of sp³-hybridized carbons (Fsp3) is 0. The molecule has 0 fully saturated rings. The molecule has 0 bridgehead atoms. The first-order valence-electron chi connectivity index (χ1n) is 4.31. The highest BCUT2D eigenvalue weighted by molar-refractivity contribution is 6.00. The number of aromatic carboxylic acids is 1. The minimum atomic E-state index is -1.06. The summed E-state index contributed by atoms with van der Waals surface area (Å²) in [7, 11) is 0. The van der Waals surface area contributed by atoms with Gasteiger partial charge in [-0.25, -0.2) is 4.79 Å². The van der Waals surface area contributed by atoms with Gasteiger partial charge in [-0.2, -0.15) is 0 Å². The summed E-state index contributed by atoms with van der Waals surface area (Å²) in [5.41, 5.74) is 6.67. The number of nitrogens with zero attached hydrogens (tertiary/aromatic N) is 1. The fourth-order valence-electron chi connectivity index (χ4n) is 1.39. The van der Waals surface area contributed by atoms with Crippen LogP contribution in [0.4, 0.5) is 5.82 Å². The Morgan fingerprint density at radius 2 is 2.27 bits per heavy atom. The van der Waals surface area contributed by atoms with E-state index in [-0.39, 0.29) is 11.4 Å². The molecule has 2 rings (SSSR count). The van der Waals surface area contributed by atoms with E-state index < -0.39 is 5.97 Å². The Balaban J connectivity index is 2.59. The molecule has 0 amide bonds. The van der Waals surface area contributed by atoms with E-state index in [1.807, 2.05) is 0 Å². The molecule has 2 heterocycles. The Hall–Kier alpha value is -2.30. The van der Waals surface area contributed by atoms with Crippen LogP contribution in [-0.4, -0.2) is 21.0 Å². The number of pyridine rings is 1. The van der Waals surface area contributed by atoms with Gasteiger partial charge in [0.15, 0.2) is 0 Å². The standard InChI is InChI=1S/C10H9N3O2/c11-9-8(10(14)15)6(5-13-9)7-3-1-2-4-12-7/h1-5,13H,11H2,(H,14,15). The third kappa shape index (κ3) is 1.54. The van der Waals surface area contributed by atoms with Gasteiger partial charge in [-0.3, -0.25) is 4.98 Å². The lowest BCUT2D eigenvalue weighted by atomic mass is 10.1. The highest BCUT2D eigenvalue weighted by Gasteiger charge is 2.17. The van der Waals surface area contributed by atoms with Gasteiger partial charge in [0, 0.05) is 18.0 Å². The fourth-order valence-corrected chi connectivity index (χ4v) is 1.39. The van der Waals surface area contributed by atoms with Gasteiger partial charge in [-0.15, -0.1) is 0 Å². The quantitative estimate of drug-likeness (QED) is 0.687.